The second-order valence-corrected chi connectivity index (χ2v) is 7.27. The molecule has 0 aliphatic carbocycles. The predicted octanol–water partition coefficient (Wildman–Crippen LogP) is 3.23. The van der Waals surface area contributed by atoms with E-state index in [2.05, 4.69) is 10.2 Å². The van der Waals surface area contributed by atoms with Crippen LogP contribution in [0.15, 0.2) is 48.5 Å². The third-order valence-corrected chi connectivity index (χ3v) is 5.38. The summed E-state index contributed by atoms with van der Waals surface area (Å²) in [4.78, 5) is 26.7. The van der Waals surface area contributed by atoms with Crippen molar-refractivity contribution in [3.63, 3.8) is 0 Å². The summed E-state index contributed by atoms with van der Waals surface area (Å²) in [6.07, 6.45) is 1.31. The zero-order chi connectivity index (χ0) is 20.1. The summed E-state index contributed by atoms with van der Waals surface area (Å²) >= 11 is 6.17. The van der Waals surface area contributed by atoms with Gasteiger partial charge in [0, 0.05) is 11.6 Å². The standard InChI is InChI=1S/C21H24ClN3O3/c1-28-18-8-7-16(13-17(18)22)24-21(27)19(14-5-3-2-4-6-14)25-11-9-15(10-12-25)20(23)26/h2-8,13,15,19H,9-12H2,1H3,(H2,23,26)(H,24,27)/t19-/m0/s1. The van der Waals surface area contributed by atoms with Gasteiger partial charge in [-0.05, 0) is 49.7 Å². The molecule has 6 nitrogen and oxygen atoms in total. The number of anilines is 1. The van der Waals surface area contributed by atoms with Crippen molar-refractivity contribution in [3.8, 4) is 5.75 Å². The SMILES string of the molecule is COc1ccc(NC(=O)[C@H](c2ccccc2)N2CCC(C(N)=O)CC2)cc1Cl. The molecule has 0 spiro atoms. The van der Waals surface area contributed by atoms with Crippen LogP contribution >= 0.6 is 11.6 Å². The van der Waals surface area contributed by atoms with Gasteiger partial charge >= 0.3 is 0 Å². The van der Waals surface area contributed by atoms with E-state index in [0.717, 1.165) is 5.56 Å². The zero-order valence-corrected chi connectivity index (χ0v) is 16.5. The first-order chi connectivity index (χ1) is 13.5. The number of hydrogen-bond donors (Lipinski definition) is 2. The highest BCUT2D eigenvalue weighted by Crippen LogP contribution is 2.30. The first-order valence-electron chi connectivity index (χ1n) is 9.22. The van der Waals surface area contributed by atoms with Crippen molar-refractivity contribution in [2.75, 3.05) is 25.5 Å². The maximum absolute atomic E-state index is 13.2. The molecular weight excluding hydrogens is 378 g/mol. The number of nitrogens with one attached hydrogen (secondary N) is 1. The minimum absolute atomic E-state index is 0.129. The lowest BCUT2D eigenvalue weighted by atomic mass is 9.93. The molecule has 1 aliphatic rings. The molecule has 1 heterocycles. The fraction of sp³-hybridized carbons (Fsp3) is 0.333. The second kappa shape index (κ2) is 9.08. The third-order valence-electron chi connectivity index (χ3n) is 5.08. The molecule has 1 atom stereocenters. The van der Waals surface area contributed by atoms with Crippen molar-refractivity contribution in [3.05, 3.63) is 59.1 Å². The van der Waals surface area contributed by atoms with Crippen LogP contribution in [0.5, 0.6) is 5.75 Å². The number of ether oxygens (including phenoxy) is 1. The normalized spacial score (nSPS) is 16.4. The van der Waals surface area contributed by atoms with Crippen LogP contribution in [0.2, 0.25) is 5.02 Å². The molecule has 1 fully saturated rings. The molecule has 0 unspecified atom stereocenters. The molecule has 7 heteroatoms. The summed E-state index contributed by atoms with van der Waals surface area (Å²) < 4.78 is 5.16. The number of likely N-dealkylation sites (tertiary alicyclic amines) is 1. The summed E-state index contributed by atoms with van der Waals surface area (Å²) in [6, 6.07) is 14.3. The molecule has 2 aromatic carbocycles. The molecule has 28 heavy (non-hydrogen) atoms. The minimum atomic E-state index is -0.462. The Balaban J connectivity index is 1.80. The van der Waals surface area contributed by atoms with E-state index in [9.17, 15) is 9.59 Å². The van der Waals surface area contributed by atoms with Crippen molar-refractivity contribution in [1.29, 1.82) is 0 Å². The Labute approximate surface area is 169 Å². The fourth-order valence-corrected chi connectivity index (χ4v) is 3.82. The third kappa shape index (κ3) is 4.64. The monoisotopic (exact) mass is 401 g/mol. The first kappa shape index (κ1) is 20.2. The average molecular weight is 402 g/mol. The Morgan fingerprint density at radius 2 is 1.86 bits per heavy atom. The topological polar surface area (TPSA) is 84.7 Å². The molecule has 1 saturated heterocycles. The Morgan fingerprint density at radius 3 is 2.43 bits per heavy atom. The van der Waals surface area contributed by atoms with Gasteiger partial charge < -0.3 is 15.8 Å². The van der Waals surface area contributed by atoms with Crippen LogP contribution in [0.1, 0.15) is 24.4 Å². The van der Waals surface area contributed by atoms with Gasteiger partial charge in [-0.15, -0.1) is 0 Å². The molecule has 0 radical (unpaired) electrons. The minimum Gasteiger partial charge on any atom is -0.495 e. The second-order valence-electron chi connectivity index (χ2n) is 6.86. The number of benzene rings is 2. The van der Waals surface area contributed by atoms with Crippen LogP contribution < -0.4 is 15.8 Å². The van der Waals surface area contributed by atoms with Crippen LogP contribution in [0, 0.1) is 5.92 Å². The van der Waals surface area contributed by atoms with Gasteiger partial charge in [-0.1, -0.05) is 41.9 Å². The largest absolute Gasteiger partial charge is 0.495 e. The number of nitrogens with zero attached hydrogens (tertiary/aromatic N) is 1. The van der Waals surface area contributed by atoms with Crippen LogP contribution in [0.25, 0.3) is 0 Å². The number of nitrogens with two attached hydrogens (primary N) is 1. The lowest BCUT2D eigenvalue weighted by molar-refractivity contribution is -0.125. The number of halogens is 1. The molecule has 2 aromatic rings. The summed E-state index contributed by atoms with van der Waals surface area (Å²) in [5.41, 5.74) is 6.94. The van der Waals surface area contributed by atoms with Gasteiger partial charge in [0.1, 0.15) is 11.8 Å². The highest BCUT2D eigenvalue weighted by Gasteiger charge is 2.32. The maximum atomic E-state index is 13.2. The number of carbonyl (C=O) groups is 2. The Kier molecular flexibility index (Phi) is 6.54. The van der Waals surface area contributed by atoms with Crippen molar-refractivity contribution in [1.82, 2.24) is 4.90 Å². The van der Waals surface area contributed by atoms with Gasteiger partial charge in [-0.2, -0.15) is 0 Å². The lowest BCUT2D eigenvalue weighted by Gasteiger charge is -2.36. The lowest BCUT2D eigenvalue weighted by Crippen LogP contribution is -2.44. The van der Waals surface area contributed by atoms with E-state index in [1.807, 2.05) is 30.3 Å². The summed E-state index contributed by atoms with van der Waals surface area (Å²) in [5.74, 6) is 0.00197. The number of amides is 2. The Bertz CT molecular complexity index is 836. The van der Waals surface area contributed by atoms with Crippen LogP contribution in [0.4, 0.5) is 5.69 Å². The van der Waals surface area contributed by atoms with Crippen LogP contribution in [0.3, 0.4) is 0 Å². The summed E-state index contributed by atoms with van der Waals surface area (Å²) in [6.45, 7) is 1.26. The summed E-state index contributed by atoms with van der Waals surface area (Å²) in [7, 11) is 1.54. The number of carbonyl (C=O) groups excluding carboxylic acids is 2. The van der Waals surface area contributed by atoms with Gasteiger partial charge in [0.2, 0.25) is 11.8 Å². The Hall–Kier alpha value is -2.57. The van der Waals surface area contributed by atoms with E-state index in [1.165, 1.54) is 0 Å². The van der Waals surface area contributed by atoms with E-state index in [1.54, 1.807) is 25.3 Å². The highest BCUT2D eigenvalue weighted by atomic mass is 35.5. The van der Waals surface area contributed by atoms with Crippen molar-refractivity contribution < 1.29 is 14.3 Å². The Morgan fingerprint density at radius 1 is 1.18 bits per heavy atom. The molecular formula is C21H24ClN3O3. The molecule has 3 rings (SSSR count). The van der Waals surface area contributed by atoms with Crippen molar-refractivity contribution in [2.45, 2.75) is 18.9 Å². The predicted molar refractivity (Wildman–Crippen MR) is 109 cm³/mol. The summed E-state index contributed by atoms with van der Waals surface area (Å²) in [5, 5.41) is 3.38. The van der Waals surface area contributed by atoms with Crippen LogP contribution in [-0.2, 0) is 9.59 Å². The van der Waals surface area contributed by atoms with E-state index < -0.39 is 6.04 Å². The number of rotatable bonds is 6. The number of piperidine rings is 1. The molecule has 3 N–H and O–H groups in total. The van der Waals surface area contributed by atoms with E-state index in [4.69, 9.17) is 22.1 Å². The van der Waals surface area contributed by atoms with E-state index >= 15 is 0 Å². The smallest absolute Gasteiger partial charge is 0.246 e. The van der Waals surface area contributed by atoms with E-state index in [-0.39, 0.29) is 17.7 Å². The van der Waals surface area contributed by atoms with Gasteiger partial charge in [-0.25, -0.2) is 0 Å². The van der Waals surface area contributed by atoms with Crippen LogP contribution in [-0.4, -0.2) is 36.9 Å². The quantitative estimate of drug-likeness (QED) is 0.778. The molecule has 1 aliphatic heterocycles. The molecule has 0 aromatic heterocycles. The van der Waals surface area contributed by atoms with Gasteiger partial charge in [0.15, 0.2) is 0 Å². The number of hydrogen-bond acceptors (Lipinski definition) is 4. The van der Waals surface area contributed by atoms with Gasteiger partial charge in [0.25, 0.3) is 0 Å². The average Bonchev–Trinajstić information content (AvgIpc) is 2.69. The van der Waals surface area contributed by atoms with E-state index in [0.29, 0.717) is 42.4 Å². The molecule has 0 bridgehead atoms. The highest BCUT2D eigenvalue weighted by molar-refractivity contribution is 6.32. The number of methoxy groups -OCH3 is 1. The molecule has 2 amide bonds. The van der Waals surface area contributed by atoms with Gasteiger partial charge in [0.05, 0.1) is 12.1 Å². The first-order valence-corrected chi connectivity index (χ1v) is 9.60. The molecule has 0 saturated carbocycles. The van der Waals surface area contributed by atoms with Crippen molar-refractivity contribution in [2.24, 2.45) is 11.7 Å². The molecule has 148 valence electrons. The maximum Gasteiger partial charge on any atom is 0.246 e. The fourth-order valence-electron chi connectivity index (χ4n) is 3.56. The van der Waals surface area contributed by atoms with Gasteiger partial charge in [-0.3, -0.25) is 14.5 Å². The zero-order valence-electron chi connectivity index (χ0n) is 15.7. The van der Waals surface area contributed by atoms with Crippen molar-refractivity contribution >= 4 is 29.1 Å². The number of primary amides is 1.